The summed E-state index contributed by atoms with van der Waals surface area (Å²) in [5.41, 5.74) is 3.39. The van der Waals surface area contributed by atoms with Crippen molar-refractivity contribution in [2.45, 2.75) is 26.2 Å². The number of amides is 1. The first-order chi connectivity index (χ1) is 14.6. The number of hydrogen-bond acceptors (Lipinski definition) is 5. The maximum Gasteiger partial charge on any atom is 0.226 e. The minimum Gasteiger partial charge on any atom is -0.369 e. The predicted molar refractivity (Wildman–Crippen MR) is 134 cm³/mol. The lowest BCUT2D eigenvalue weighted by molar-refractivity contribution is -0.116. The number of halogens is 2. The Morgan fingerprint density at radius 1 is 1.10 bits per heavy atom. The van der Waals surface area contributed by atoms with Crippen LogP contribution >= 0.6 is 35.3 Å². The highest BCUT2D eigenvalue weighted by Crippen LogP contribution is 2.27. The van der Waals surface area contributed by atoms with Crippen molar-refractivity contribution in [3.63, 3.8) is 0 Å². The number of nitrogens with one attached hydrogen (secondary N) is 1. The number of aromatic nitrogens is 1. The number of aryl methyl sites for hydroxylation is 1. The van der Waals surface area contributed by atoms with E-state index >= 15 is 0 Å². The van der Waals surface area contributed by atoms with E-state index in [0.717, 1.165) is 60.8 Å². The first-order valence-electron chi connectivity index (χ1n) is 10.5. The molecule has 1 aliphatic rings. The fraction of sp³-hybridized carbons (Fsp3) is 0.391. The molecule has 1 amide bonds. The third-order valence-electron chi connectivity index (χ3n) is 5.48. The lowest BCUT2D eigenvalue weighted by Gasteiger charge is -2.36. The number of carbonyl (C=O) groups is 1. The van der Waals surface area contributed by atoms with E-state index in [9.17, 15) is 4.79 Å². The first-order valence-corrected chi connectivity index (χ1v) is 11.7. The molecule has 1 N–H and O–H groups in total. The van der Waals surface area contributed by atoms with Crippen molar-refractivity contribution in [2.24, 2.45) is 0 Å². The third-order valence-corrected chi connectivity index (χ3v) is 6.67. The number of hydrogen-bond donors (Lipinski definition) is 1. The summed E-state index contributed by atoms with van der Waals surface area (Å²) in [7, 11) is 0. The molecule has 8 heteroatoms. The average Bonchev–Trinajstić information content (AvgIpc) is 3.13. The zero-order chi connectivity index (χ0) is 20.9. The molecule has 0 unspecified atom stereocenters. The summed E-state index contributed by atoms with van der Waals surface area (Å²) >= 11 is 7.52. The number of carbonyl (C=O) groups excluding carboxylic acids is 1. The van der Waals surface area contributed by atoms with E-state index in [0.29, 0.717) is 11.6 Å². The maximum absolute atomic E-state index is 12.3. The molecular weight excluding hydrogens is 451 g/mol. The molecule has 4 rings (SSSR count). The van der Waals surface area contributed by atoms with Gasteiger partial charge in [0, 0.05) is 43.3 Å². The molecule has 0 aliphatic carbocycles. The number of thiazole rings is 1. The van der Waals surface area contributed by atoms with Crippen molar-refractivity contribution < 1.29 is 4.79 Å². The number of piperazine rings is 1. The Bertz CT molecular complexity index is 1000. The van der Waals surface area contributed by atoms with Gasteiger partial charge in [0.05, 0.1) is 10.2 Å². The van der Waals surface area contributed by atoms with Crippen LogP contribution in [-0.4, -0.2) is 48.5 Å². The zero-order valence-electron chi connectivity index (χ0n) is 17.6. The van der Waals surface area contributed by atoms with Gasteiger partial charge in [0.2, 0.25) is 5.91 Å². The number of benzene rings is 2. The van der Waals surface area contributed by atoms with E-state index in [4.69, 9.17) is 11.6 Å². The number of rotatable bonds is 7. The molecule has 2 aromatic carbocycles. The summed E-state index contributed by atoms with van der Waals surface area (Å²) in [6, 6.07) is 14.2. The second-order valence-corrected chi connectivity index (χ2v) is 9.27. The Kier molecular flexibility index (Phi) is 8.55. The summed E-state index contributed by atoms with van der Waals surface area (Å²) in [5.74, 6) is 0.0540. The number of nitrogens with zero attached hydrogens (tertiary/aromatic N) is 3. The molecule has 1 fully saturated rings. The van der Waals surface area contributed by atoms with Crippen LogP contribution in [0.2, 0.25) is 5.02 Å². The first kappa shape index (κ1) is 23.8. The summed E-state index contributed by atoms with van der Waals surface area (Å²) < 4.78 is 1.11. The van der Waals surface area contributed by atoms with Crippen molar-refractivity contribution in [1.29, 1.82) is 0 Å². The van der Waals surface area contributed by atoms with Crippen molar-refractivity contribution in [3.05, 3.63) is 53.1 Å². The molecule has 1 aromatic heterocycles. The van der Waals surface area contributed by atoms with Crippen molar-refractivity contribution >= 4 is 62.3 Å². The molecule has 0 bridgehead atoms. The quantitative estimate of drug-likeness (QED) is 0.448. The Hall–Kier alpha value is -1.86. The van der Waals surface area contributed by atoms with Gasteiger partial charge >= 0.3 is 0 Å². The highest BCUT2D eigenvalue weighted by molar-refractivity contribution is 7.22. The maximum atomic E-state index is 12.3. The molecule has 166 valence electrons. The molecule has 1 saturated heterocycles. The SMILES string of the molecule is Cc1ccc2nc(NC(=O)CCCCN3CCN(c4ccc(Cl)cc4)CC3)sc2c1.Cl. The molecule has 0 spiro atoms. The van der Waals surface area contributed by atoms with E-state index in [1.165, 1.54) is 22.6 Å². The van der Waals surface area contributed by atoms with Crippen molar-refractivity contribution in [2.75, 3.05) is 42.9 Å². The van der Waals surface area contributed by atoms with Gasteiger partial charge in [-0.05, 0) is 68.3 Å². The fourth-order valence-electron chi connectivity index (χ4n) is 3.77. The van der Waals surface area contributed by atoms with Crippen LogP contribution in [0.15, 0.2) is 42.5 Å². The Morgan fingerprint density at radius 3 is 2.58 bits per heavy atom. The summed E-state index contributed by atoms with van der Waals surface area (Å²) in [5, 5.41) is 4.43. The third kappa shape index (κ3) is 6.56. The number of fused-ring (bicyclic) bond motifs is 1. The van der Waals surface area contributed by atoms with Gasteiger partial charge in [0.25, 0.3) is 0 Å². The van der Waals surface area contributed by atoms with E-state index in [1.807, 2.05) is 24.3 Å². The van der Waals surface area contributed by atoms with Crippen LogP contribution in [-0.2, 0) is 4.79 Å². The predicted octanol–water partition coefficient (Wildman–Crippen LogP) is 5.61. The van der Waals surface area contributed by atoms with Crippen LogP contribution < -0.4 is 10.2 Å². The van der Waals surface area contributed by atoms with E-state index in [1.54, 1.807) is 0 Å². The molecule has 31 heavy (non-hydrogen) atoms. The van der Waals surface area contributed by atoms with Crippen LogP contribution in [0, 0.1) is 6.92 Å². The molecule has 0 atom stereocenters. The van der Waals surface area contributed by atoms with Gasteiger partial charge in [-0.1, -0.05) is 29.0 Å². The topological polar surface area (TPSA) is 48.5 Å². The molecule has 2 heterocycles. The average molecular weight is 479 g/mol. The van der Waals surface area contributed by atoms with Gasteiger partial charge in [0.1, 0.15) is 0 Å². The van der Waals surface area contributed by atoms with Gasteiger partial charge < -0.3 is 10.2 Å². The van der Waals surface area contributed by atoms with Crippen LogP contribution in [0.1, 0.15) is 24.8 Å². The Balaban J connectivity index is 0.00000272. The highest BCUT2D eigenvalue weighted by Gasteiger charge is 2.17. The van der Waals surface area contributed by atoms with Crippen LogP contribution in [0.3, 0.4) is 0 Å². The molecule has 3 aromatic rings. The van der Waals surface area contributed by atoms with Gasteiger partial charge in [-0.2, -0.15) is 0 Å². The molecule has 1 aliphatic heterocycles. The molecule has 0 radical (unpaired) electrons. The highest BCUT2D eigenvalue weighted by atomic mass is 35.5. The lowest BCUT2D eigenvalue weighted by atomic mass is 10.2. The zero-order valence-corrected chi connectivity index (χ0v) is 20.0. The fourth-order valence-corrected chi connectivity index (χ4v) is 4.88. The monoisotopic (exact) mass is 478 g/mol. The van der Waals surface area contributed by atoms with E-state index in [-0.39, 0.29) is 18.3 Å². The Labute approximate surface area is 198 Å². The summed E-state index contributed by atoms with van der Waals surface area (Å²) in [6.45, 7) is 7.27. The van der Waals surface area contributed by atoms with E-state index in [2.05, 4.69) is 45.2 Å². The molecule has 0 saturated carbocycles. The van der Waals surface area contributed by atoms with Crippen LogP contribution in [0.5, 0.6) is 0 Å². The van der Waals surface area contributed by atoms with Gasteiger partial charge in [0.15, 0.2) is 5.13 Å². The Morgan fingerprint density at radius 2 is 1.84 bits per heavy atom. The second kappa shape index (κ2) is 11.1. The molecule has 5 nitrogen and oxygen atoms in total. The summed E-state index contributed by atoms with van der Waals surface area (Å²) in [4.78, 5) is 21.6. The normalized spacial score (nSPS) is 14.5. The van der Waals surface area contributed by atoms with Gasteiger partial charge in [-0.25, -0.2) is 4.98 Å². The van der Waals surface area contributed by atoms with Crippen LogP contribution in [0.4, 0.5) is 10.8 Å². The van der Waals surface area contributed by atoms with Crippen molar-refractivity contribution in [1.82, 2.24) is 9.88 Å². The molecular formula is C23H28Cl2N4OS. The summed E-state index contributed by atoms with van der Waals surface area (Å²) in [6.07, 6.45) is 2.47. The van der Waals surface area contributed by atoms with Gasteiger partial charge in [-0.15, -0.1) is 12.4 Å². The van der Waals surface area contributed by atoms with E-state index < -0.39 is 0 Å². The second-order valence-electron chi connectivity index (χ2n) is 7.80. The minimum atomic E-state index is 0. The smallest absolute Gasteiger partial charge is 0.226 e. The van der Waals surface area contributed by atoms with Gasteiger partial charge in [-0.3, -0.25) is 9.69 Å². The van der Waals surface area contributed by atoms with Crippen LogP contribution in [0.25, 0.3) is 10.2 Å². The number of anilines is 2. The standard InChI is InChI=1S/C23H27ClN4OS.ClH/c1-17-5-10-20-21(16-17)30-23(25-20)26-22(29)4-2-3-11-27-12-14-28(15-13-27)19-8-6-18(24)7-9-19;/h5-10,16H,2-4,11-15H2,1H3,(H,25,26,29);1H. The largest absolute Gasteiger partial charge is 0.369 e. The van der Waals surface area contributed by atoms with Crippen molar-refractivity contribution in [3.8, 4) is 0 Å². The number of unbranched alkanes of at least 4 members (excludes halogenated alkanes) is 1. The minimum absolute atomic E-state index is 0. The lowest BCUT2D eigenvalue weighted by Crippen LogP contribution is -2.46.